The summed E-state index contributed by atoms with van der Waals surface area (Å²) in [6.07, 6.45) is 5.00. The Balaban J connectivity index is 2.27. The van der Waals surface area contributed by atoms with Gasteiger partial charge in [-0.25, -0.2) is 15.0 Å². The van der Waals surface area contributed by atoms with Crippen LogP contribution >= 0.6 is 11.8 Å². The molecule has 0 aliphatic heterocycles. The topological polar surface area (TPSA) is 80.9 Å². The van der Waals surface area contributed by atoms with E-state index >= 15 is 0 Å². The molecule has 0 fully saturated rings. The van der Waals surface area contributed by atoms with Crippen molar-refractivity contribution in [3.8, 4) is 0 Å². The fourth-order valence-electron chi connectivity index (χ4n) is 1.81. The van der Waals surface area contributed by atoms with E-state index in [1.54, 1.807) is 12.4 Å². The summed E-state index contributed by atoms with van der Waals surface area (Å²) in [6.45, 7) is 4.73. The molecule has 2 rings (SSSR count). The second kappa shape index (κ2) is 6.51. The van der Waals surface area contributed by atoms with Crippen molar-refractivity contribution >= 4 is 17.7 Å². The molecule has 0 atom stereocenters. The Hall–Kier alpha value is -1.89. The summed E-state index contributed by atoms with van der Waals surface area (Å²) >= 11 is 1.22. The molecule has 106 valence electrons. The molecule has 0 aromatic carbocycles. The molecule has 20 heavy (non-hydrogen) atoms. The number of imidazole rings is 1. The predicted molar refractivity (Wildman–Crippen MR) is 75.8 cm³/mol. The lowest BCUT2D eigenvalue weighted by Gasteiger charge is -2.13. The Morgan fingerprint density at radius 1 is 1.45 bits per heavy atom. The highest BCUT2D eigenvalue weighted by molar-refractivity contribution is 7.99. The molecule has 0 aliphatic rings. The molecule has 6 nitrogen and oxygen atoms in total. The van der Waals surface area contributed by atoms with Crippen molar-refractivity contribution in [2.24, 2.45) is 0 Å². The van der Waals surface area contributed by atoms with Crippen LogP contribution in [0, 0.1) is 0 Å². The van der Waals surface area contributed by atoms with E-state index in [4.69, 9.17) is 5.11 Å². The van der Waals surface area contributed by atoms with Crippen LogP contribution in [0.15, 0.2) is 29.9 Å². The van der Waals surface area contributed by atoms with Gasteiger partial charge in [0.25, 0.3) is 0 Å². The van der Waals surface area contributed by atoms with Gasteiger partial charge < -0.3 is 9.67 Å². The van der Waals surface area contributed by atoms with Gasteiger partial charge in [0, 0.05) is 18.1 Å². The number of rotatable bonds is 6. The molecule has 0 bridgehead atoms. The molecule has 0 unspecified atom stereocenters. The first kappa shape index (κ1) is 14.5. The highest BCUT2D eigenvalue weighted by Crippen LogP contribution is 2.24. The summed E-state index contributed by atoms with van der Waals surface area (Å²) in [6, 6.07) is 1.84. The average molecular weight is 292 g/mol. The molecule has 2 aromatic rings. The van der Waals surface area contributed by atoms with Gasteiger partial charge in [-0.2, -0.15) is 0 Å². The molecule has 7 heteroatoms. The van der Waals surface area contributed by atoms with Crippen molar-refractivity contribution in [3.63, 3.8) is 0 Å². The van der Waals surface area contributed by atoms with E-state index in [2.05, 4.69) is 28.8 Å². The first-order valence-electron chi connectivity index (χ1n) is 6.23. The molecule has 2 aromatic heterocycles. The van der Waals surface area contributed by atoms with Crippen molar-refractivity contribution in [3.05, 3.63) is 36.2 Å². The summed E-state index contributed by atoms with van der Waals surface area (Å²) in [5.74, 6) is -0.542. The second-order valence-corrected chi connectivity index (χ2v) is 5.53. The second-order valence-electron chi connectivity index (χ2n) is 4.59. The zero-order valence-corrected chi connectivity index (χ0v) is 12.2. The van der Waals surface area contributed by atoms with Gasteiger partial charge in [-0.05, 0) is 12.0 Å². The molecular weight excluding hydrogens is 276 g/mol. The Bertz CT molecular complexity index is 583. The normalized spacial score (nSPS) is 10.9. The Morgan fingerprint density at radius 3 is 2.85 bits per heavy atom. The molecule has 0 amide bonds. The number of aromatic nitrogens is 4. The summed E-state index contributed by atoms with van der Waals surface area (Å²) < 4.78 is 2.01. The highest BCUT2D eigenvalue weighted by Gasteiger charge is 2.15. The van der Waals surface area contributed by atoms with Crippen LogP contribution < -0.4 is 0 Å². The Morgan fingerprint density at radius 2 is 2.25 bits per heavy atom. The lowest BCUT2D eigenvalue weighted by molar-refractivity contribution is -0.133. The zero-order chi connectivity index (χ0) is 14.5. The van der Waals surface area contributed by atoms with Gasteiger partial charge in [-0.15, -0.1) is 0 Å². The third kappa shape index (κ3) is 3.57. The summed E-state index contributed by atoms with van der Waals surface area (Å²) in [5.41, 5.74) is 1.94. The minimum Gasteiger partial charge on any atom is -0.481 e. The van der Waals surface area contributed by atoms with Crippen molar-refractivity contribution in [1.82, 2.24) is 19.5 Å². The van der Waals surface area contributed by atoms with Gasteiger partial charge in [0.15, 0.2) is 5.16 Å². The Labute approximate surface area is 121 Å². The molecule has 0 aliphatic carbocycles. The quantitative estimate of drug-likeness (QED) is 0.820. The Kier molecular flexibility index (Phi) is 4.73. The molecule has 0 saturated carbocycles. The van der Waals surface area contributed by atoms with Crippen molar-refractivity contribution in [2.45, 2.75) is 31.5 Å². The van der Waals surface area contributed by atoms with Crippen LogP contribution in [0.25, 0.3) is 0 Å². The van der Waals surface area contributed by atoms with Crippen LogP contribution in [-0.4, -0.2) is 36.3 Å². The highest BCUT2D eigenvalue weighted by atomic mass is 32.2. The number of nitrogens with zero attached hydrogens (tertiary/aromatic N) is 4. The van der Waals surface area contributed by atoms with Crippen LogP contribution in [0.5, 0.6) is 0 Å². The first-order chi connectivity index (χ1) is 9.58. The third-order valence-electron chi connectivity index (χ3n) is 2.73. The first-order valence-corrected chi connectivity index (χ1v) is 7.21. The number of carbonyl (C=O) groups is 1. The number of thioether (sulfide) groups is 1. The number of hydrogen-bond acceptors (Lipinski definition) is 5. The smallest absolute Gasteiger partial charge is 0.313 e. The van der Waals surface area contributed by atoms with Gasteiger partial charge in [-0.3, -0.25) is 4.79 Å². The van der Waals surface area contributed by atoms with Crippen LogP contribution in [0.3, 0.4) is 0 Å². The molecule has 2 heterocycles. The summed E-state index contributed by atoms with van der Waals surface area (Å²) in [5, 5.41) is 9.50. The molecule has 0 radical (unpaired) electrons. The molecular formula is C13H16N4O2S. The largest absolute Gasteiger partial charge is 0.481 e. The average Bonchev–Trinajstić information content (AvgIpc) is 2.80. The maximum absolute atomic E-state index is 10.7. The van der Waals surface area contributed by atoms with Crippen LogP contribution in [0.2, 0.25) is 0 Å². The molecule has 0 spiro atoms. The molecule has 0 saturated heterocycles. The summed E-state index contributed by atoms with van der Waals surface area (Å²) in [7, 11) is 0. The van der Waals surface area contributed by atoms with Gasteiger partial charge >= 0.3 is 5.97 Å². The van der Waals surface area contributed by atoms with Gasteiger partial charge in [0.2, 0.25) is 0 Å². The van der Waals surface area contributed by atoms with Gasteiger partial charge in [-0.1, -0.05) is 25.6 Å². The lowest BCUT2D eigenvalue weighted by Crippen LogP contribution is -2.09. The number of carboxylic acid groups (broad SMARTS) is 1. The van der Waals surface area contributed by atoms with Crippen molar-refractivity contribution in [2.75, 3.05) is 5.75 Å². The number of carboxylic acids is 1. The number of hydrogen-bond donors (Lipinski definition) is 1. The van der Waals surface area contributed by atoms with Gasteiger partial charge in [0.05, 0.1) is 18.0 Å². The summed E-state index contributed by atoms with van der Waals surface area (Å²) in [4.78, 5) is 23.1. The minimum absolute atomic E-state index is 0.00166. The van der Waals surface area contributed by atoms with Crippen LogP contribution in [0.4, 0.5) is 0 Å². The predicted octanol–water partition coefficient (Wildman–Crippen LogP) is 2.02. The van der Waals surface area contributed by atoms with Crippen LogP contribution in [-0.2, 0) is 11.3 Å². The maximum atomic E-state index is 10.7. The standard InChI is InChI=1S/C13H16N4O2S/c1-9(2)11-5-15-13(20-7-12(18)19)17(11)6-10-3-4-14-8-16-10/h3-5,8-9H,6-7H2,1-2H3,(H,18,19). The monoisotopic (exact) mass is 292 g/mol. The van der Waals surface area contributed by atoms with E-state index in [0.717, 1.165) is 11.4 Å². The van der Waals surface area contributed by atoms with E-state index in [0.29, 0.717) is 17.6 Å². The lowest BCUT2D eigenvalue weighted by atomic mass is 10.1. The van der Waals surface area contributed by atoms with Crippen LogP contribution in [0.1, 0.15) is 31.2 Å². The van der Waals surface area contributed by atoms with Crippen molar-refractivity contribution in [1.29, 1.82) is 0 Å². The van der Waals surface area contributed by atoms with E-state index in [1.807, 2.05) is 10.6 Å². The number of aliphatic carboxylic acids is 1. The fraction of sp³-hybridized carbons (Fsp3) is 0.385. The maximum Gasteiger partial charge on any atom is 0.313 e. The van der Waals surface area contributed by atoms with E-state index in [-0.39, 0.29) is 5.75 Å². The molecule has 1 N–H and O–H groups in total. The minimum atomic E-state index is -0.849. The SMILES string of the molecule is CC(C)c1cnc(SCC(=O)O)n1Cc1ccncn1. The zero-order valence-electron chi connectivity index (χ0n) is 11.4. The van der Waals surface area contributed by atoms with Gasteiger partial charge in [0.1, 0.15) is 6.33 Å². The van der Waals surface area contributed by atoms with E-state index < -0.39 is 5.97 Å². The van der Waals surface area contributed by atoms with Crippen molar-refractivity contribution < 1.29 is 9.90 Å². The fourth-order valence-corrected chi connectivity index (χ4v) is 2.51. The van der Waals surface area contributed by atoms with E-state index in [9.17, 15) is 4.79 Å². The van der Waals surface area contributed by atoms with E-state index in [1.165, 1.54) is 18.1 Å². The third-order valence-corrected chi connectivity index (χ3v) is 3.70.